The minimum Gasteiger partial charge on any atom is -0.302 e. The molecule has 0 aromatic heterocycles. The maximum Gasteiger partial charge on any atom is 0.0233 e. The summed E-state index contributed by atoms with van der Waals surface area (Å²) in [7, 11) is 2.15. The highest BCUT2D eigenvalue weighted by atomic mass is 15.1. The highest BCUT2D eigenvalue weighted by Gasteiger charge is 2.09. The van der Waals surface area contributed by atoms with E-state index in [4.69, 9.17) is 0 Å². The van der Waals surface area contributed by atoms with Crippen LogP contribution in [0, 0.1) is 0 Å². The summed E-state index contributed by atoms with van der Waals surface area (Å²) in [4.78, 5) is 2.33. The number of rotatable bonds is 2. The fourth-order valence-electron chi connectivity index (χ4n) is 1.60. The van der Waals surface area contributed by atoms with Crippen LogP contribution >= 0.6 is 0 Å². The average Bonchev–Trinajstić information content (AvgIpc) is 2.26. The van der Waals surface area contributed by atoms with Gasteiger partial charge in [0.15, 0.2) is 0 Å². The minimum absolute atomic E-state index is 1.02. The molecule has 1 heterocycles. The Bertz CT molecular complexity index is 213. The first-order valence-electron chi connectivity index (χ1n) is 4.43. The molecule has 0 radical (unpaired) electrons. The molecule has 0 saturated carbocycles. The highest BCUT2D eigenvalue weighted by molar-refractivity contribution is 5.33. The molecule has 1 nitrogen and oxygen atoms in total. The van der Waals surface area contributed by atoms with Crippen molar-refractivity contribution in [2.24, 2.45) is 0 Å². The van der Waals surface area contributed by atoms with E-state index in [1.807, 2.05) is 12.2 Å². The smallest absolute Gasteiger partial charge is 0.0233 e. The SMILES string of the molecule is C=CC1=C(C=C)CN(C)CCC1. The van der Waals surface area contributed by atoms with Crippen LogP contribution in [0.5, 0.6) is 0 Å². The van der Waals surface area contributed by atoms with Crippen LogP contribution in [0.3, 0.4) is 0 Å². The summed E-state index contributed by atoms with van der Waals surface area (Å²) >= 11 is 0. The zero-order valence-corrected chi connectivity index (χ0v) is 7.84. The summed E-state index contributed by atoms with van der Waals surface area (Å²) in [5.74, 6) is 0. The van der Waals surface area contributed by atoms with Gasteiger partial charge in [-0.3, -0.25) is 0 Å². The Morgan fingerprint density at radius 3 is 2.50 bits per heavy atom. The van der Waals surface area contributed by atoms with Gasteiger partial charge < -0.3 is 4.90 Å². The lowest BCUT2D eigenvalue weighted by Gasteiger charge is -2.13. The van der Waals surface area contributed by atoms with E-state index in [0.717, 1.165) is 13.0 Å². The van der Waals surface area contributed by atoms with Gasteiger partial charge in [-0.2, -0.15) is 0 Å². The fraction of sp³-hybridized carbons (Fsp3) is 0.455. The fourth-order valence-corrected chi connectivity index (χ4v) is 1.60. The van der Waals surface area contributed by atoms with Gasteiger partial charge in [0.2, 0.25) is 0 Å². The summed E-state index contributed by atoms with van der Waals surface area (Å²) in [6.07, 6.45) is 6.30. The summed E-state index contributed by atoms with van der Waals surface area (Å²) < 4.78 is 0. The van der Waals surface area contributed by atoms with Gasteiger partial charge in [0.25, 0.3) is 0 Å². The molecule has 0 aromatic rings. The average molecular weight is 163 g/mol. The van der Waals surface area contributed by atoms with E-state index in [2.05, 4.69) is 25.1 Å². The van der Waals surface area contributed by atoms with E-state index >= 15 is 0 Å². The van der Waals surface area contributed by atoms with Crippen LogP contribution in [0.15, 0.2) is 36.5 Å². The van der Waals surface area contributed by atoms with E-state index in [1.54, 1.807) is 0 Å². The number of nitrogens with zero attached hydrogens (tertiary/aromatic N) is 1. The van der Waals surface area contributed by atoms with Crippen LogP contribution in [0.25, 0.3) is 0 Å². The van der Waals surface area contributed by atoms with Gasteiger partial charge in [-0.05, 0) is 37.6 Å². The Morgan fingerprint density at radius 2 is 1.92 bits per heavy atom. The maximum absolute atomic E-state index is 3.83. The third kappa shape index (κ3) is 2.08. The molecule has 12 heavy (non-hydrogen) atoms. The maximum atomic E-state index is 3.83. The van der Waals surface area contributed by atoms with Crippen LogP contribution in [0.1, 0.15) is 12.8 Å². The summed E-state index contributed by atoms with van der Waals surface area (Å²) in [5, 5.41) is 0. The standard InChI is InChI=1S/C11H17N/c1-4-10-7-6-8-12(3)9-11(10)5-2/h4-5H,1-2,6-9H2,3H3. The molecule has 1 heteroatoms. The molecule has 0 aromatic carbocycles. The number of hydrogen-bond donors (Lipinski definition) is 0. The molecular weight excluding hydrogens is 146 g/mol. The summed E-state index contributed by atoms with van der Waals surface area (Å²) in [6.45, 7) is 9.85. The van der Waals surface area contributed by atoms with Crippen molar-refractivity contribution in [2.45, 2.75) is 12.8 Å². The monoisotopic (exact) mass is 163 g/mol. The second-order valence-corrected chi connectivity index (χ2v) is 3.30. The van der Waals surface area contributed by atoms with Gasteiger partial charge in [-0.15, -0.1) is 0 Å². The van der Waals surface area contributed by atoms with Crippen LogP contribution in [-0.4, -0.2) is 25.0 Å². The quantitative estimate of drug-likeness (QED) is 0.604. The van der Waals surface area contributed by atoms with Gasteiger partial charge in [-0.25, -0.2) is 0 Å². The van der Waals surface area contributed by atoms with Crippen LogP contribution in [0.4, 0.5) is 0 Å². The molecule has 0 aliphatic carbocycles. The van der Waals surface area contributed by atoms with Gasteiger partial charge in [0, 0.05) is 6.54 Å². The predicted molar refractivity (Wildman–Crippen MR) is 54.2 cm³/mol. The van der Waals surface area contributed by atoms with E-state index in [9.17, 15) is 0 Å². The predicted octanol–water partition coefficient (Wildman–Crippen LogP) is 2.38. The lowest BCUT2D eigenvalue weighted by molar-refractivity contribution is 0.368. The Morgan fingerprint density at radius 1 is 1.25 bits per heavy atom. The summed E-state index contributed by atoms with van der Waals surface area (Å²) in [5.41, 5.74) is 2.71. The Balaban J connectivity index is 2.84. The normalized spacial score (nSPS) is 20.4. The van der Waals surface area contributed by atoms with Crippen LogP contribution in [0.2, 0.25) is 0 Å². The van der Waals surface area contributed by atoms with Gasteiger partial charge in [0.1, 0.15) is 0 Å². The first kappa shape index (κ1) is 9.27. The second kappa shape index (κ2) is 4.27. The zero-order chi connectivity index (χ0) is 8.97. The van der Waals surface area contributed by atoms with Crippen molar-refractivity contribution in [1.29, 1.82) is 0 Å². The van der Waals surface area contributed by atoms with E-state index < -0.39 is 0 Å². The molecule has 0 spiro atoms. The molecule has 0 saturated heterocycles. The van der Waals surface area contributed by atoms with E-state index in [-0.39, 0.29) is 0 Å². The lowest BCUT2D eigenvalue weighted by Crippen LogP contribution is -2.20. The first-order chi connectivity index (χ1) is 5.77. The lowest BCUT2D eigenvalue weighted by atomic mass is 10.1. The topological polar surface area (TPSA) is 3.24 Å². The molecule has 66 valence electrons. The van der Waals surface area contributed by atoms with E-state index in [0.29, 0.717) is 0 Å². The number of hydrogen-bond acceptors (Lipinski definition) is 1. The number of allylic oxidation sites excluding steroid dienone is 2. The Hall–Kier alpha value is -0.820. The first-order valence-corrected chi connectivity index (χ1v) is 4.43. The van der Waals surface area contributed by atoms with Crippen molar-refractivity contribution in [3.8, 4) is 0 Å². The van der Waals surface area contributed by atoms with Crippen molar-refractivity contribution in [3.05, 3.63) is 36.5 Å². The Kier molecular flexibility index (Phi) is 3.30. The van der Waals surface area contributed by atoms with Gasteiger partial charge in [-0.1, -0.05) is 25.3 Å². The van der Waals surface area contributed by atoms with Gasteiger partial charge in [0.05, 0.1) is 0 Å². The molecule has 1 rings (SSSR count). The molecular formula is C11H17N. The molecule has 1 aliphatic heterocycles. The Labute approximate surface area is 75.1 Å². The van der Waals surface area contributed by atoms with Crippen LogP contribution in [-0.2, 0) is 0 Å². The third-order valence-electron chi connectivity index (χ3n) is 2.33. The highest BCUT2D eigenvalue weighted by Crippen LogP contribution is 2.18. The molecule has 0 bridgehead atoms. The molecule has 0 amide bonds. The van der Waals surface area contributed by atoms with Crippen molar-refractivity contribution in [3.63, 3.8) is 0 Å². The minimum atomic E-state index is 1.02. The molecule has 0 atom stereocenters. The molecule has 0 N–H and O–H groups in total. The van der Waals surface area contributed by atoms with E-state index in [1.165, 1.54) is 24.1 Å². The molecule has 0 unspecified atom stereocenters. The zero-order valence-electron chi connectivity index (χ0n) is 7.84. The molecule has 1 aliphatic rings. The van der Waals surface area contributed by atoms with Crippen molar-refractivity contribution < 1.29 is 0 Å². The van der Waals surface area contributed by atoms with Gasteiger partial charge >= 0.3 is 0 Å². The van der Waals surface area contributed by atoms with Crippen molar-refractivity contribution in [2.75, 3.05) is 20.1 Å². The van der Waals surface area contributed by atoms with Crippen molar-refractivity contribution >= 4 is 0 Å². The number of likely N-dealkylation sites (N-methyl/N-ethyl adjacent to an activating group) is 1. The van der Waals surface area contributed by atoms with Crippen LogP contribution < -0.4 is 0 Å². The summed E-state index contributed by atoms with van der Waals surface area (Å²) in [6, 6.07) is 0. The van der Waals surface area contributed by atoms with Crippen molar-refractivity contribution in [1.82, 2.24) is 4.90 Å². The third-order valence-corrected chi connectivity index (χ3v) is 2.33. The molecule has 0 fully saturated rings. The largest absolute Gasteiger partial charge is 0.302 e. The second-order valence-electron chi connectivity index (χ2n) is 3.30.